The first-order chi connectivity index (χ1) is 5.74. The Kier molecular flexibility index (Phi) is 8.40. The molecule has 0 aliphatic carbocycles. The molecule has 0 amide bonds. The standard InChI is InChI=1S/C11H21I/c1-4-7-8-10(5-2)9-11(12)6-3/h6,10H,4-5,7-9H2,1-3H3. The molecule has 0 heterocycles. The maximum atomic E-state index is 2.46. The maximum Gasteiger partial charge on any atom is -0.0134 e. The van der Waals surface area contributed by atoms with Crippen molar-refractivity contribution in [3.05, 3.63) is 9.66 Å². The minimum atomic E-state index is 0.924. The van der Waals surface area contributed by atoms with Crippen molar-refractivity contribution >= 4 is 22.6 Å². The maximum absolute atomic E-state index is 2.46. The van der Waals surface area contributed by atoms with Crippen LogP contribution >= 0.6 is 22.6 Å². The second-order valence-corrected chi connectivity index (χ2v) is 4.74. The van der Waals surface area contributed by atoms with Crippen LogP contribution in [0.4, 0.5) is 0 Å². The highest BCUT2D eigenvalue weighted by Crippen LogP contribution is 2.24. The number of hydrogen-bond donors (Lipinski definition) is 0. The summed E-state index contributed by atoms with van der Waals surface area (Å²) in [6.07, 6.45) is 9.01. The molecular formula is C11H21I. The Labute approximate surface area is 91.0 Å². The molecule has 1 heteroatoms. The zero-order valence-corrected chi connectivity index (χ0v) is 10.7. The van der Waals surface area contributed by atoms with Crippen LogP contribution in [0.2, 0.25) is 0 Å². The largest absolute Gasteiger partial charge is 0.0783 e. The van der Waals surface area contributed by atoms with Gasteiger partial charge in [-0.1, -0.05) is 45.6 Å². The van der Waals surface area contributed by atoms with Crippen LogP contribution in [0.3, 0.4) is 0 Å². The third-order valence-corrected chi connectivity index (χ3v) is 3.40. The van der Waals surface area contributed by atoms with Gasteiger partial charge < -0.3 is 0 Å². The lowest BCUT2D eigenvalue weighted by atomic mass is 9.96. The average Bonchev–Trinajstić information content (AvgIpc) is 2.11. The van der Waals surface area contributed by atoms with E-state index in [9.17, 15) is 0 Å². The molecule has 0 bridgehead atoms. The summed E-state index contributed by atoms with van der Waals surface area (Å²) in [5.74, 6) is 0.924. The lowest BCUT2D eigenvalue weighted by Gasteiger charge is -2.13. The van der Waals surface area contributed by atoms with Crippen LogP contribution in [0.25, 0.3) is 0 Å². The molecule has 0 aliphatic rings. The Morgan fingerprint density at radius 3 is 2.50 bits per heavy atom. The Bertz CT molecular complexity index is 127. The van der Waals surface area contributed by atoms with E-state index in [1.54, 1.807) is 0 Å². The molecule has 0 spiro atoms. The van der Waals surface area contributed by atoms with Crippen LogP contribution < -0.4 is 0 Å². The molecule has 0 aromatic carbocycles. The molecule has 0 radical (unpaired) electrons. The summed E-state index contributed by atoms with van der Waals surface area (Å²) >= 11 is 2.46. The van der Waals surface area contributed by atoms with Gasteiger partial charge in [0.1, 0.15) is 0 Å². The van der Waals surface area contributed by atoms with E-state index in [0.717, 1.165) is 5.92 Å². The smallest absolute Gasteiger partial charge is 0.0134 e. The van der Waals surface area contributed by atoms with Gasteiger partial charge in [0.25, 0.3) is 0 Å². The summed E-state index contributed by atoms with van der Waals surface area (Å²) in [5.41, 5.74) is 0. The van der Waals surface area contributed by atoms with Crippen molar-refractivity contribution in [1.29, 1.82) is 0 Å². The summed E-state index contributed by atoms with van der Waals surface area (Å²) in [5, 5.41) is 0. The summed E-state index contributed by atoms with van der Waals surface area (Å²) in [6.45, 7) is 6.71. The SMILES string of the molecule is CC=C(I)CC(CC)CCCC. The van der Waals surface area contributed by atoms with Crippen molar-refractivity contribution in [3.8, 4) is 0 Å². The lowest BCUT2D eigenvalue weighted by molar-refractivity contribution is 0.455. The van der Waals surface area contributed by atoms with Crippen molar-refractivity contribution in [3.63, 3.8) is 0 Å². The molecule has 0 rings (SSSR count). The van der Waals surface area contributed by atoms with Crippen molar-refractivity contribution in [1.82, 2.24) is 0 Å². The topological polar surface area (TPSA) is 0 Å². The number of unbranched alkanes of at least 4 members (excludes halogenated alkanes) is 1. The van der Waals surface area contributed by atoms with E-state index in [1.807, 2.05) is 0 Å². The molecule has 0 aromatic rings. The van der Waals surface area contributed by atoms with Gasteiger partial charge in [-0.05, 0) is 45.4 Å². The van der Waals surface area contributed by atoms with Crippen LogP contribution in [0, 0.1) is 5.92 Å². The van der Waals surface area contributed by atoms with Crippen molar-refractivity contribution in [2.45, 2.75) is 52.9 Å². The molecule has 0 aromatic heterocycles. The van der Waals surface area contributed by atoms with Gasteiger partial charge in [0, 0.05) is 0 Å². The van der Waals surface area contributed by atoms with Gasteiger partial charge >= 0.3 is 0 Å². The predicted molar refractivity (Wildman–Crippen MR) is 65.7 cm³/mol. The molecule has 0 fully saturated rings. The molecule has 0 nitrogen and oxygen atoms in total. The molecule has 1 atom stereocenters. The quantitative estimate of drug-likeness (QED) is 0.605. The molecule has 0 aliphatic heterocycles. The average molecular weight is 280 g/mol. The zero-order chi connectivity index (χ0) is 9.40. The second kappa shape index (κ2) is 8.09. The number of halogens is 1. The van der Waals surface area contributed by atoms with Gasteiger partial charge in [-0.15, -0.1) is 0 Å². The molecule has 0 N–H and O–H groups in total. The highest BCUT2D eigenvalue weighted by Gasteiger charge is 2.06. The third kappa shape index (κ3) is 6.04. The van der Waals surface area contributed by atoms with Crippen molar-refractivity contribution in [2.24, 2.45) is 5.92 Å². The van der Waals surface area contributed by atoms with Crippen LogP contribution in [-0.4, -0.2) is 0 Å². The summed E-state index contributed by atoms with van der Waals surface area (Å²) in [4.78, 5) is 0. The van der Waals surface area contributed by atoms with Crippen LogP contribution in [0.15, 0.2) is 9.66 Å². The first-order valence-corrected chi connectivity index (χ1v) is 6.13. The molecular weight excluding hydrogens is 259 g/mol. The Morgan fingerprint density at radius 2 is 2.08 bits per heavy atom. The fourth-order valence-corrected chi connectivity index (χ4v) is 1.96. The summed E-state index contributed by atoms with van der Waals surface area (Å²) < 4.78 is 1.52. The minimum absolute atomic E-state index is 0.924. The fraction of sp³-hybridized carbons (Fsp3) is 0.818. The van der Waals surface area contributed by atoms with E-state index >= 15 is 0 Å². The summed E-state index contributed by atoms with van der Waals surface area (Å²) in [7, 11) is 0. The molecule has 12 heavy (non-hydrogen) atoms. The van der Waals surface area contributed by atoms with Crippen molar-refractivity contribution < 1.29 is 0 Å². The molecule has 72 valence electrons. The number of allylic oxidation sites excluding steroid dienone is 2. The minimum Gasteiger partial charge on any atom is -0.0783 e. The number of hydrogen-bond acceptors (Lipinski definition) is 0. The van der Waals surface area contributed by atoms with Gasteiger partial charge in [0.05, 0.1) is 0 Å². The van der Waals surface area contributed by atoms with E-state index in [1.165, 1.54) is 35.7 Å². The van der Waals surface area contributed by atoms with Gasteiger partial charge in [-0.25, -0.2) is 0 Å². The monoisotopic (exact) mass is 280 g/mol. The Hall–Kier alpha value is 0.470. The van der Waals surface area contributed by atoms with E-state index in [4.69, 9.17) is 0 Å². The highest BCUT2D eigenvalue weighted by molar-refractivity contribution is 14.1. The fourth-order valence-electron chi connectivity index (χ4n) is 1.34. The van der Waals surface area contributed by atoms with E-state index in [0.29, 0.717) is 0 Å². The van der Waals surface area contributed by atoms with Crippen LogP contribution in [-0.2, 0) is 0 Å². The normalized spacial score (nSPS) is 14.8. The van der Waals surface area contributed by atoms with E-state index < -0.39 is 0 Å². The van der Waals surface area contributed by atoms with E-state index in [-0.39, 0.29) is 0 Å². The second-order valence-electron chi connectivity index (χ2n) is 3.36. The van der Waals surface area contributed by atoms with Crippen molar-refractivity contribution in [2.75, 3.05) is 0 Å². The molecule has 1 unspecified atom stereocenters. The first-order valence-electron chi connectivity index (χ1n) is 5.05. The lowest BCUT2D eigenvalue weighted by Crippen LogP contribution is -1.98. The number of rotatable bonds is 6. The highest BCUT2D eigenvalue weighted by atomic mass is 127. The Balaban J connectivity index is 3.67. The molecule has 0 saturated heterocycles. The predicted octanol–water partition coefficient (Wildman–Crippen LogP) is 4.93. The van der Waals surface area contributed by atoms with Gasteiger partial charge in [-0.2, -0.15) is 0 Å². The zero-order valence-electron chi connectivity index (χ0n) is 8.57. The van der Waals surface area contributed by atoms with Gasteiger partial charge in [0.2, 0.25) is 0 Å². The first kappa shape index (κ1) is 12.5. The molecule has 0 saturated carbocycles. The van der Waals surface area contributed by atoms with Gasteiger partial charge in [0.15, 0.2) is 0 Å². The van der Waals surface area contributed by atoms with Crippen LogP contribution in [0.5, 0.6) is 0 Å². The third-order valence-electron chi connectivity index (χ3n) is 2.34. The van der Waals surface area contributed by atoms with Gasteiger partial charge in [-0.3, -0.25) is 0 Å². The summed E-state index contributed by atoms with van der Waals surface area (Å²) in [6, 6.07) is 0. The Morgan fingerprint density at radius 1 is 1.42 bits per heavy atom. The van der Waals surface area contributed by atoms with Crippen LogP contribution in [0.1, 0.15) is 52.9 Å². The van der Waals surface area contributed by atoms with E-state index in [2.05, 4.69) is 49.4 Å².